The van der Waals surface area contributed by atoms with E-state index in [9.17, 15) is 10.0 Å². The lowest BCUT2D eigenvalue weighted by Crippen LogP contribution is -2.27. The number of aromatic nitrogens is 1. The van der Waals surface area contributed by atoms with E-state index >= 15 is 0 Å². The van der Waals surface area contributed by atoms with Crippen molar-refractivity contribution in [2.24, 2.45) is 0 Å². The molecule has 2 aromatic rings. The number of anilines is 1. The Morgan fingerprint density at radius 2 is 2.12 bits per heavy atom. The molecule has 17 heavy (non-hydrogen) atoms. The Balaban J connectivity index is 2.17. The molecule has 86 valence electrons. The first-order chi connectivity index (χ1) is 8.15. The van der Waals surface area contributed by atoms with Crippen LogP contribution in [0.3, 0.4) is 0 Å². The molecule has 0 saturated carbocycles. The Labute approximate surface area is 99.1 Å². The lowest BCUT2D eigenvalue weighted by atomic mass is 10.2. The summed E-state index contributed by atoms with van der Waals surface area (Å²) in [4.78, 5) is 11.8. The summed E-state index contributed by atoms with van der Waals surface area (Å²) in [6.07, 6.45) is 2.58. The average Bonchev–Trinajstić information content (AvgIpc) is 2.29. The molecular formula is C13H12N2O2. The van der Waals surface area contributed by atoms with Crippen LogP contribution in [0.4, 0.5) is 5.69 Å². The molecule has 0 atom stereocenters. The molecule has 4 heteroatoms. The van der Waals surface area contributed by atoms with Crippen molar-refractivity contribution in [3.8, 4) is 0 Å². The van der Waals surface area contributed by atoms with Crippen molar-refractivity contribution < 1.29 is 9.52 Å². The fourth-order valence-electron chi connectivity index (χ4n) is 1.52. The molecule has 2 rings (SSSR count). The van der Waals surface area contributed by atoms with Crippen LogP contribution in [0.2, 0.25) is 0 Å². The third kappa shape index (κ3) is 2.81. The summed E-state index contributed by atoms with van der Waals surface area (Å²) >= 11 is 0. The molecule has 0 aliphatic carbocycles. The summed E-state index contributed by atoms with van der Waals surface area (Å²) < 4.78 is 0.602. The van der Waals surface area contributed by atoms with E-state index in [1.54, 1.807) is 12.1 Å². The summed E-state index contributed by atoms with van der Waals surface area (Å²) in [6, 6.07) is 10.6. The van der Waals surface area contributed by atoms with Gasteiger partial charge in [-0.25, -0.2) is 0 Å². The minimum atomic E-state index is -0.291. The SMILES string of the molecule is Cc1cccc(NC(=O)c2ccc[n+]([O-])c2)c1. The molecule has 0 bridgehead atoms. The Hall–Kier alpha value is -2.36. The van der Waals surface area contributed by atoms with Gasteiger partial charge in [-0.2, -0.15) is 4.73 Å². The smallest absolute Gasteiger partial charge is 0.261 e. The highest BCUT2D eigenvalue weighted by Crippen LogP contribution is 2.10. The fraction of sp³-hybridized carbons (Fsp3) is 0.0769. The van der Waals surface area contributed by atoms with Crippen molar-refractivity contribution in [1.82, 2.24) is 0 Å². The molecular weight excluding hydrogens is 216 g/mol. The first kappa shape index (κ1) is 11.1. The maximum absolute atomic E-state index is 11.8. The minimum absolute atomic E-state index is 0.291. The van der Waals surface area contributed by atoms with Gasteiger partial charge in [0.1, 0.15) is 5.56 Å². The second-order valence-corrected chi connectivity index (χ2v) is 3.78. The quantitative estimate of drug-likeness (QED) is 0.630. The van der Waals surface area contributed by atoms with Gasteiger partial charge in [0.25, 0.3) is 5.91 Å². The van der Waals surface area contributed by atoms with E-state index in [2.05, 4.69) is 5.32 Å². The number of amides is 1. The Bertz CT molecular complexity index is 553. The molecule has 0 spiro atoms. The third-order valence-corrected chi connectivity index (χ3v) is 2.31. The van der Waals surface area contributed by atoms with Crippen LogP contribution in [-0.4, -0.2) is 5.91 Å². The van der Waals surface area contributed by atoms with E-state index in [1.807, 2.05) is 25.1 Å². The molecule has 1 aromatic heterocycles. The van der Waals surface area contributed by atoms with E-state index < -0.39 is 0 Å². The summed E-state index contributed by atoms with van der Waals surface area (Å²) in [5.74, 6) is -0.291. The van der Waals surface area contributed by atoms with Crippen molar-refractivity contribution in [3.63, 3.8) is 0 Å². The zero-order valence-electron chi connectivity index (χ0n) is 9.38. The van der Waals surface area contributed by atoms with Crippen LogP contribution in [0.5, 0.6) is 0 Å². The molecule has 1 amide bonds. The highest BCUT2D eigenvalue weighted by Gasteiger charge is 2.08. The first-order valence-corrected chi connectivity index (χ1v) is 5.22. The van der Waals surface area contributed by atoms with Gasteiger partial charge in [-0.15, -0.1) is 0 Å². The molecule has 1 N–H and O–H groups in total. The zero-order chi connectivity index (χ0) is 12.3. The van der Waals surface area contributed by atoms with Crippen molar-refractivity contribution in [1.29, 1.82) is 0 Å². The molecule has 1 heterocycles. The maximum Gasteiger partial charge on any atom is 0.261 e. The second-order valence-electron chi connectivity index (χ2n) is 3.78. The van der Waals surface area contributed by atoms with Crippen LogP contribution in [0.15, 0.2) is 48.8 Å². The average molecular weight is 228 g/mol. The highest BCUT2D eigenvalue weighted by molar-refractivity contribution is 6.03. The second kappa shape index (κ2) is 4.65. The number of rotatable bonds is 2. The maximum atomic E-state index is 11.8. The molecule has 0 saturated heterocycles. The monoisotopic (exact) mass is 228 g/mol. The third-order valence-electron chi connectivity index (χ3n) is 2.31. The summed E-state index contributed by atoms with van der Waals surface area (Å²) in [5.41, 5.74) is 2.12. The van der Waals surface area contributed by atoms with Gasteiger partial charge < -0.3 is 10.5 Å². The number of aryl methyl sites for hydroxylation is 1. The molecule has 0 unspecified atom stereocenters. The minimum Gasteiger partial charge on any atom is -0.619 e. The topological polar surface area (TPSA) is 56.0 Å². The van der Waals surface area contributed by atoms with Gasteiger partial charge >= 0.3 is 0 Å². The number of hydrogen-bond acceptors (Lipinski definition) is 2. The van der Waals surface area contributed by atoms with Gasteiger partial charge in [0.05, 0.1) is 0 Å². The number of benzene rings is 1. The number of nitrogens with one attached hydrogen (secondary N) is 1. The summed E-state index contributed by atoms with van der Waals surface area (Å²) in [5, 5.41) is 13.8. The van der Waals surface area contributed by atoms with Crippen LogP contribution < -0.4 is 10.0 Å². The number of hydrogen-bond donors (Lipinski definition) is 1. The Morgan fingerprint density at radius 1 is 1.29 bits per heavy atom. The predicted octanol–water partition coefficient (Wildman–Crippen LogP) is 1.88. The number of pyridine rings is 1. The van der Waals surface area contributed by atoms with Crippen LogP contribution in [0, 0.1) is 12.1 Å². The van der Waals surface area contributed by atoms with Gasteiger partial charge in [-0.05, 0) is 30.7 Å². The number of carbonyl (C=O) groups is 1. The highest BCUT2D eigenvalue weighted by atomic mass is 16.5. The molecule has 0 aliphatic rings. The van der Waals surface area contributed by atoms with E-state index in [0.29, 0.717) is 10.3 Å². The van der Waals surface area contributed by atoms with Crippen LogP contribution in [0.25, 0.3) is 0 Å². The summed E-state index contributed by atoms with van der Waals surface area (Å²) in [7, 11) is 0. The predicted molar refractivity (Wildman–Crippen MR) is 64.5 cm³/mol. The van der Waals surface area contributed by atoms with Crippen molar-refractivity contribution in [2.45, 2.75) is 6.92 Å². The Morgan fingerprint density at radius 3 is 2.82 bits per heavy atom. The molecule has 4 nitrogen and oxygen atoms in total. The van der Waals surface area contributed by atoms with Gasteiger partial charge in [-0.3, -0.25) is 4.79 Å². The normalized spacial score (nSPS) is 9.94. The summed E-state index contributed by atoms with van der Waals surface area (Å²) in [6.45, 7) is 1.95. The molecule has 0 radical (unpaired) electrons. The van der Waals surface area contributed by atoms with Gasteiger partial charge in [0.15, 0.2) is 12.4 Å². The van der Waals surface area contributed by atoms with Crippen LogP contribution >= 0.6 is 0 Å². The fourth-order valence-corrected chi connectivity index (χ4v) is 1.52. The van der Waals surface area contributed by atoms with E-state index in [-0.39, 0.29) is 5.91 Å². The van der Waals surface area contributed by atoms with Crippen molar-refractivity contribution in [3.05, 3.63) is 65.1 Å². The molecule has 0 aliphatic heterocycles. The van der Waals surface area contributed by atoms with E-state index in [1.165, 1.54) is 18.5 Å². The Kier molecular flexibility index (Phi) is 3.05. The van der Waals surface area contributed by atoms with Crippen LogP contribution in [-0.2, 0) is 0 Å². The first-order valence-electron chi connectivity index (χ1n) is 5.22. The van der Waals surface area contributed by atoms with Gasteiger partial charge in [-0.1, -0.05) is 12.1 Å². The van der Waals surface area contributed by atoms with Gasteiger partial charge in [0.2, 0.25) is 0 Å². The van der Waals surface area contributed by atoms with Crippen molar-refractivity contribution in [2.75, 3.05) is 5.32 Å². The molecule has 0 fully saturated rings. The zero-order valence-corrected chi connectivity index (χ0v) is 9.38. The number of carbonyl (C=O) groups excluding carboxylic acids is 1. The number of nitrogens with zero attached hydrogens (tertiary/aromatic N) is 1. The van der Waals surface area contributed by atoms with Crippen LogP contribution in [0.1, 0.15) is 15.9 Å². The van der Waals surface area contributed by atoms with E-state index in [0.717, 1.165) is 11.3 Å². The van der Waals surface area contributed by atoms with E-state index in [4.69, 9.17) is 0 Å². The van der Waals surface area contributed by atoms with Crippen molar-refractivity contribution >= 4 is 11.6 Å². The largest absolute Gasteiger partial charge is 0.619 e. The lowest BCUT2D eigenvalue weighted by Gasteiger charge is -2.05. The standard InChI is InChI=1S/C13H12N2O2/c1-10-4-2-6-12(8-10)14-13(16)11-5-3-7-15(17)9-11/h2-9H,1H3,(H,14,16). The lowest BCUT2D eigenvalue weighted by molar-refractivity contribution is -0.605. The van der Waals surface area contributed by atoms with Gasteiger partial charge in [0, 0.05) is 11.8 Å². The molecule has 1 aromatic carbocycles.